The fraction of sp³-hybridized carbons (Fsp3) is 0.200. The summed E-state index contributed by atoms with van der Waals surface area (Å²) < 4.78 is 0. The fourth-order valence-corrected chi connectivity index (χ4v) is 2.91. The van der Waals surface area contributed by atoms with Gasteiger partial charge in [-0.15, -0.1) is 0 Å². The van der Waals surface area contributed by atoms with Gasteiger partial charge in [0.2, 0.25) is 0 Å². The van der Waals surface area contributed by atoms with Gasteiger partial charge in [0.15, 0.2) is 11.6 Å². The molecule has 108 valence electrons. The highest BCUT2D eigenvalue weighted by atomic mass is 16.3. The second-order valence-corrected chi connectivity index (χ2v) is 5.18. The smallest absolute Gasteiger partial charge is 0.179 e. The van der Waals surface area contributed by atoms with E-state index >= 15 is 0 Å². The molecule has 6 heteroatoms. The van der Waals surface area contributed by atoms with Crippen LogP contribution in [-0.2, 0) is 0 Å². The molecule has 3 rings (SSSR count). The predicted molar refractivity (Wildman–Crippen MR) is 71.5 cm³/mol. The van der Waals surface area contributed by atoms with Crippen molar-refractivity contribution >= 4 is 11.6 Å². The first-order valence-corrected chi connectivity index (χ1v) is 6.28. The number of phenolic OH excluding ortho intramolecular Hbond substituents is 2. The third-order valence-corrected chi connectivity index (χ3v) is 3.93. The van der Waals surface area contributed by atoms with E-state index in [1.54, 1.807) is 0 Å². The molecule has 0 spiro atoms. The molecule has 0 saturated heterocycles. The van der Waals surface area contributed by atoms with Crippen molar-refractivity contribution in [3.8, 4) is 11.5 Å². The molecule has 2 atom stereocenters. The zero-order valence-corrected chi connectivity index (χ0v) is 11.0. The zero-order valence-electron chi connectivity index (χ0n) is 11.0. The summed E-state index contributed by atoms with van der Waals surface area (Å²) in [6.45, 7) is 1.50. The van der Waals surface area contributed by atoms with Crippen LogP contribution in [0.1, 0.15) is 27.6 Å². The Morgan fingerprint density at radius 1 is 0.857 bits per heavy atom. The lowest BCUT2D eigenvalue weighted by atomic mass is 9.69. The quantitative estimate of drug-likeness (QED) is 0.543. The first-order valence-electron chi connectivity index (χ1n) is 6.28. The number of allylic oxidation sites excluding steroid dienone is 4. The van der Waals surface area contributed by atoms with Crippen LogP contribution in [0.2, 0.25) is 0 Å². The highest BCUT2D eigenvalue weighted by Crippen LogP contribution is 2.45. The average Bonchev–Trinajstić information content (AvgIpc) is 2.42. The predicted octanol–water partition coefficient (Wildman–Crippen LogP) is 2.00. The molecule has 0 heterocycles. The van der Waals surface area contributed by atoms with Gasteiger partial charge < -0.3 is 20.4 Å². The van der Waals surface area contributed by atoms with E-state index in [1.807, 2.05) is 0 Å². The number of phenols is 2. The Labute approximate surface area is 119 Å². The number of Topliss-reactive ketones (excluding diaryl/α,β-unsaturated/α-hetero) is 2. The molecule has 2 unspecified atom stereocenters. The van der Waals surface area contributed by atoms with E-state index in [1.165, 1.54) is 13.0 Å². The molecule has 1 aromatic carbocycles. The molecule has 0 fully saturated rings. The number of aromatic hydroxyl groups is 2. The number of carbonyl (C=O) groups is 2. The van der Waals surface area contributed by atoms with Gasteiger partial charge in [0, 0.05) is 0 Å². The lowest BCUT2D eigenvalue weighted by Crippen LogP contribution is -2.40. The molecule has 0 bridgehead atoms. The largest absolute Gasteiger partial charge is 0.511 e. The standard InChI is InChI=1S/C15H12O6/c1-5-4-8(18)11-12(13(5)19)15(21)10-7(17)3-2-6(16)9(10)14(11)20/h2-4,11-12,16-19H,1H3. The Morgan fingerprint density at radius 3 is 1.86 bits per heavy atom. The second kappa shape index (κ2) is 4.12. The van der Waals surface area contributed by atoms with Crippen LogP contribution in [0.15, 0.2) is 35.3 Å². The Bertz CT molecular complexity index is 756. The summed E-state index contributed by atoms with van der Waals surface area (Å²) in [4.78, 5) is 25.0. The van der Waals surface area contributed by atoms with Gasteiger partial charge >= 0.3 is 0 Å². The lowest BCUT2D eigenvalue weighted by Gasteiger charge is -2.33. The van der Waals surface area contributed by atoms with Crippen molar-refractivity contribution in [2.75, 3.05) is 0 Å². The Balaban J connectivity index is 2.33. The van der Waals surface area contributed by atoms with Crippen molar-refractivity contribution in [1.29, 1.82) is 0 Å². The molecular weight excluding hydrogens is 276 g/mol. The van der Waals surface area contributed by atoms with E-state index in [0.717, 1.165) is 12.1 Å². The highest BCUT2D eigenvalue weighted by molar-refractivity contribution is 6.20. The van der Waals surface area contributed by atoms with Crippen LogP contribution >= 0.6 is 0 Å². The molecule has 0 saturated carbocycles. The number of aliphatic hydroxyl groups is 2. The lowest BCUT2D eigenvalue weighted by molar-refractivity contribution is 0.0699. The molecule has 2 aliphatic rings. The number of aliphatic hydroxyl groups excluding tert-OH is 2. The van der Waals surface area contributed by atoms with Gasteiger partial charge in [-0.2, -0.15) is 0 Å². The zero-order chi connectivity index (χ0) is 15.5. The molecule has 6 nitrogen and oxygen atoms in total. The number of ketones is 2. The normalized spacial score (nSPS) is 24.5. The van der Waals surface area contributed by atoms with Gasteiger partial charge in [0.25, 0.3) is 0 Å². The van der Waals surface area contributed by atoms with Gasteiger partial charge in [0.05, 0.1) is 23.0 Å². The molecule has 0 amide bonds. The third kappa shape index (κ3) is 1.59. The molecule has 0 radical (unpaired) electrons. The number of hydrogen-bond donors (Lipinski definition) is 4. The van der Waals surface area contributed by atoms with Crippen LogP contribution in [0.25, 0.3) is 0 Å². The van der Waals surface area contributed by atoms with Gasteiger partial charge in [-0.1, -0.05) is 0 Å². The SMILES string of the molecule is CC1=C(O)C2C(=O)c3c(O)ccc(O)c3C(=O)C2C(O)=C1. The highest BCUT2D eigenvalue weighted by Gasteiger charge is 2.49. The van der Waals surface area contributed by atoms with Crippen molar-refractivity contribution in [3.63, 3.8) is 0 Å². The van der Waals surface area contributed by atoms with Crippen LogP contribution < -0.4 is 0 Å². The van der Waals surface area contributed by atoms with Gasteiger partial charge in [0.1, 0.15) is 23.0 Å². The monoisotopic (exact) mass is 288 g/mol. The summed E-state index contributed by atoms with van der Waals surface area (Å²) in [7, 11) is 0. The first-order chi connectivity index (χ1) is 9.84. The van der Waals surface area contributed by atoms with Crippen molar-refractivity contribution < 1.29 is 30.0 Å². The summed E-state index contributed by atoms with van der Waals surface area (Å²) in [5, 5.41) is 39.7. The minimum absolute atomic E-state index is 0.276. The maximum Gasteiger partial charge on any atom is 0.179 e. The third-order valence-electron chi connectivity index (χ3n) is 3.93. The minimum atomic E-state index is -1.28. The van der Waals surface area contributed by atoms with Crippen LogP contribution in [0.3, 0.4) is 0 Å². The van der Waals surface area contributed by atoms with Crippen LogP contribution in [0, 0.1) is 11.8 Å². The number of hydrogen-bond acceptors (Lipinski definition) is 6. The van der Waals surface area contributed by atoms with E-state index in [9.17, 15) is 30.0 Å². The summed E-state index contributed by atoms with van der Waals surface area (Å²) >= 11 is 0. The summed E-state index contributed by atoms with van der Waals surface area (Å²) in [6.07, 6.45) is 1.21. The Morgan fingerprint density at radius 2 is 1.33 bits per heavy atom. The van der Waals surface area contributed by atoms with Crippen LogP contribution in [-0.4, -0.2) is 32.0 Å². The maximum absolute atomic E-state index is 12.5. The Kier molecular flexibility index (Phi) is 2.59. The van der Waals surface area contributed by atoms with E-state index in [0.29, 0.717) is 0 Å². The van der Waals surface area contributed by atoms with Crippen molar-refractivity contribution in [2.24, 2.45) is 11.8 Å². The molecule has 1 aromatic rings. The summed E-state index contributed by atoms with van der Waals surface area (Å²) in [5.74, 6) is -5.52. The van der Waals surface area contributed by atoms with E-state index in [4.69, 9.17) is 0 Å². The minimum Gasteiger partial charge on any atom is -0.511 e. The molecule has 0 aromatic heterocycles. The molecule has 21 heavy (non-hydrogen) atoms. The average molecular weight is 288 g/mol. The van der Waals surface area contributed by atoms with E-state index in [-0.39, 0.29) is 28.2 Å². The first kappa shape index (κ1) is 13.2. The maximum atomic E-state index is 12.5. The van der Waals surface area contributed by atoms with Crippen LogP contribution in [0.5, 0.6) is 11.5 Å². The van der Waals surface area contributed by atoms with Gasteiger partial charge in [-0.05, 0) is 30.7 Å². The topological polar surface area (TPSA) is 115 Å². The number of carbonyl (C=O) groups excluding carboxylic acids is 2. The number of benzene rings is 1. The van der Waals surface area contributed by atoms with E-state index < -0.39 is 34.9 Å². The van der Waals surface area contributed by atoms with Gasteiger partial charge in [-0.25, -0.2) is 0 Å². The van der Waals surface area contributed by atoms with Crippen LogP contribution in [0.4, 0.5) is 0 Å². The molecule has 2 aliphatic carbocycles. The summed E-state index contributed by atoms with van der Waals surface area (Å²) in [6, 6.07) is 2.20. The van der Waals surface area contributed by atoms with Gasteiger partial charge in [-0.3, -0.25) is 9.59 Å². The second-order valence-electron chi connectivity index (χ2n) is 5.18. The van der Waals surface area contributed by atoms with E-state index in [2.05, 4.69) is 0 Å². The van der Waals surface area contributed by atoms with Crippen molar-refractivity contribution in [3.05, 3.63) is 46.4 Å². The number of rotatable bonds is 0. The van der Waals surface area contributed by atoms with Crippen molar-refractivity contribution in [1.82, 2.24) is 0 Å². The Hall–Kier alpha value is -2.76. The molecular formula is C15H12O6. The fourth-order valence-electron chi connectivity index (χ4n) is 2.91. The summed E-state index contributed by atoms with van der Waals surface area (Å²) in [5.41, 5.74) is -0.373. The molecule has 4 N–H and O–H groups in total. The van der Waals surface area contributed by atoms with Crippen molar-refractivity contribution in [2.45, 2.75) is 6.92 Å². The molecule has 0 aliphatic heterocycles. The number of fused-ring (bicyclic) bond motifs is 2.